The van der Waals surface area contributed by atoms with E-state index in [-0.39, 0.29) is 24.6 Å². The van der Waals surface area contributed by atoms with E-state index in [1.54, 1.807) is 0 Å². The van der Waals surface area contributed by atoms with Gasteiger partial charge in [0.2, 0.25) is 0 Å². The Morgan fingerprint density at radius 1 is 1.26 bits per heavy atom. The average molecular weight is 623 g/mol. The summed E-state index contributed by atoms with van der Waals surface area (Å²) in [7, 11) is 0. The number of thioether (sulfide) groups is 1. The van der Waals surface area contributed by atoms with Gasteiger partial charge in [-0.3, -0.25) is 0 Å². The standard InChI is InChI=1S/C17H13BrCl2F3N5O4S2/c18-6-1-5(2-24-12(6)17(21,22)23)33-16-11(31)9(10(30)8(4-29)32-16)28-3-7(26-27-28)15-25-13(19)14(20)34-15/h1-3,8-11,16,29-31H,4H2/t8?,9-,10-,11?,16+/m0/s1. The van der Waals surface area contributed by atoms with Gasteiger partial charge in [-0.05, 0) is 22.0 Å². The third-order valence-electron chi connectivity index (χ3n) is 4.77. The lowest BCUT2D eigenvalue weighted by atomic mass is 9.97. The molecular formula is C17H13BrCl2F3N5O4S2. The van der Waals surface area contributed by atoms with Crippen molar-refractivity contribution in [3.63, 3.8) is 0 Å². The van der Waals surface area contributed by atoms with Gasteiger partial charge in [0.25, 0.3) is 0 Å². The first-order chi connectivity index (χ1) is 16.0. The van der Waals surface area contributed by atoms with E-state index in [1.807, 2.05) is 0 Å². The predicted molar refractivity (Wildman–Crippen MR) is 121 cm³/mol. The van der Waals surface area contributed by atoms with Crippen LogP contribution in [0.2, 0.25) is 9.49 Å². The van der Waals surface area contributed by atoms with Gasteiger partial charge >= 0.3 is 6.18 Å². The maximum Gasteiger partial charge on any atom is 0.434 e. The van der Waals surface area contributed by atoms with E-state index >= 15 is 0 Å². The largest absolute Gasteiger partial charge is 0.434 e. The molecule has 4 rings (SSSR count). The van der Waals surface area contributed by atoms with Crippen molar-refractivity contribution in [1.29, 1.82) is 0 Å². The number of hydrogen-bond acceptors (Lipinski definition) is 10. The zero-order valence-corrected chi connectivity index (χ0v) is 21.1. The fourth-order valence-electron chi connectivity index (χ4n) is 3.22. The van der Waals surface area contributed by atoms with E-state index in [9.17, 15) is 28.5 Å². The first kappa shape index (κ1) is 26.0. The van der Waals surface area contributed by atoms with Crippen molar-refractivity contribution in [1.82, 2.24) is 25.0 Å². The summed E-state index contributed by atoms with van der Waals surface area (Å²) >= 11 is 16.6. The molecule has 4 heterocycles. The van der Waals surface area contributed by atoms with Crippen LogP contribution >= 0.6 is 62.2 Å². The second kappa shape index (κ2) is 10.1. The normalized spacial score (nSPS) is 25.6. The van der Waals surface area contributed by atoms with Gasteiger partial charge < -0.3 is 20.1 Å². The van der Waals surface area contributed by atoms with Crippen molar-refractivity contribution in [2.45, 2.75) is 40.9 Å². The lowest BCUT2D eigenvalue weighted by Crippen LogP contribution is -2.55. The summed E-state index contributed by atoms with van der Waals surface area (Å²) in [6, 6.07) is 0.0788. The lowest BCUT2D eigenvalue weighted by molar-refractivity contribution is -0.178. The van der Waals surface area contributed by atoms with Crippen LogP contribution in [0, 0.1) is 0 Å². The molecule has 0 saturated carbocycles. The highest BCUT2D eigenvalue weighted by Gasteiger charge is 2.46. The molecule has 9 nitrogen and oxygen atoms in total. The van der Waals surface area contributed by atoms with Gasteiger partial charge in [0.05, 0.1) is 12.8 Å². The fourth-order valence-corrected chi connectivity index (χ4v) is 6.16. The molecule has 17 heteroatoms. The zero-order chi connectivity index (χ0) is 24.8. The quantitative estimate of drug-likeness (QED) is 0.391. The predicted octanol–water partition coefficient (Wildman–Crippen LogP) is 3.66. The van der Waals surface area contributed by atoms with E-state index in [0.717, 1.165) is 29.3 Å². The molecule has 184 valence electrons. The minimum absolute atomic E-state index is 0.0930. The molecule has 0 aromatic carbocycles. The second-order valence-electron chi connectivity index (χ2n) is 6.98. The van der Waals surface area contributed by atoms with Crippen LogP contribution in [0.3, 0.4) is 0 Å². The molecule has 5 atom stereocenters. The molecule has 0 spiro atoms. The molecule has 0 amide bonds. The minimum Gasteiger partial charge on any atom is -0.394 e. The number of thiazole rings is 1. The average Bonchev–Trinajstić information content (AvgIpc) is 3.36. The van der Waals surface area contributed by atoms with Crippen LogP contribution in [-0.2, 0) is 10.9 Å². The van der Waals surface area contributed by atoms with Crippen molar-refractivity contribution >= 4 is 62.2 Å². The summed E-state index contributed by atoms with van der Waals surface area (Å²) in [5.74, 6) is 0. The Morgan fingerprint density at radius 3 is 2.59 bits per heavy atom. The van der Waals surface area contributed by atoms with E-state index in [0.29, 0.717) is 5.01 Å². The SMILES string of the molecule is OCC1O[C@H](Sc2cnc(C(F)(F)F)c(Br)c2)C(O)[C@@H](n2cc(-c3nc(Cl)c(Cl)s3)nn2)[C@H]1O. The van der Waals surface area contributed by atoms with Crippen molar-refractivity contribution in [2.75, 3.05) is 6.61 Å². The van der Waals surface area contributed by atoms with Crippen LogP contribution in [0.15, 0.2) is 27.8 Å². The van der Waals surface area contributed by atoms with E-state index in [2.05, 4.69) is 36.2 Å². The minimum atomic E-state index is -4.64. The Bertz CT molecular complexity index is 1170. The molecule has 3 N–H and O–H groups in total. The molecule has 2 unspecified atom stereocenters. The fraction of sp³-hybridized carbons (Fsp3) is 0.412. The highest BCUT2D eigenvalue weighted by atomic mass is 79.9. The van der Waals surface area contributed by atoms with Crippen LogP contribution in [0.1, 0.15) is 11.7 Å². The third kappa shape index (κ3) is 5.22. The molecule has 3 aromatic heterocycles. The highest BCUT2D eigenvalue weighted by molar-refractivity contribution is 9.10. The summed E-state index contributed by atoms with van der Waals surface area (Å²) in [5, 5.41) is 39.7. The number of rotatable bonds is 5. The van der Waals surface area contributed by atoms with Crippen molar-refractivity contribution in [3.8, 4) is 10.7 Å². The van der Waals surface area contributed by atoms with Crippen molar-refractivity contribution in [2.24, 2.45) is 0 Å². The van der Waals surface area contributed by atoms with Gasteiger partial charge in [0.15, 0.2) is 10.8 Å². The first-order valence-electron chi connectivity index (χ1n) is 9.25. The Morgan fingerprint density at radius 2 is 2.00 bits per heavy atom. The number of alkyl halides is 3. The molecule has 34 heavy (non-hydrogen) atoms. The van der Waals surface area contributed by atoms with Gasteiger partial charge in [-0.15, -0.1) is 5.10 Å². The van der Waals surface area contributed by atoms with Crippen molar-refractivity contribution in [3.05, 3.63) is 38.1 Å². The van der Waals surface area contributed by atoms with Crippen LogP contribution < -0.4 is 0 Å². The summed E-state index contributed by atoms with van der Waals surface area (Å²) in [6.45, 7) is -0.588. The lowest BCUT2D eigenvalue weighted by Gasteiger charge is -2.41. The van der Waals surface area contributed by atoms with Gasteiger partial charge in [-0.1, -0.05) is 51.5 Å². The molecule has 1 aliphatic rings. The third-order valence-corrected chi connectivity index (χ3v) is 8.25. The smallest absolute Gasteiger partial charge is 0.394 e. The molecule has 1 saturated heterocycles. The Balaban J connectivity index is 1.60. The Hall–Kier alpha value is -1.04. The van der Waals surface area contributed by atoms with Gasteiger partial charge in [0.1, 0.15) is 44.8 Å². The number of aromatic nitrogens is 5. The molecule has 0 radical (unpaired) electrons. The molecule has 3 aromatic rings. The summed E-state index contributed by atoms with van der Waals surface area (Å²) < 4.78 is 45.7. The maximum atomic E-state index is 13.0. The number of hydrogen-bond donors (Lipinski definition) is 3. The van der Waals surface area contributed by atoms with E-state index in [1.165, 1.54) is 16.9 Å². The van der Waals surface area contributed by atoms with Crippen LogP contribution in [0.5, 0.6) is 0 Å². The molecule has 0 aliphatic carbocycles. The van der Waals surface area contributed by atoms with Crippen molar-refractivity contribution < 1.29 is 33.2 Å². The van der Waals surface area contributed by atoms with Gasteiger partial charge in [-0.2, -0.15) is 13.2 Å². The number of halogens is 6. The topological polar surface area (TPSA) is 126 Å². The Labute approximate surface area is 216 Å². The molecule has 1 aliphatic heterocycles. The molecule has 0 bridgehead atoms. The summed E-state index contributed by atoms with van der Waals surface area (Å²) in [5.41, 5.74) is -1.90. The Kier molecular flexibility index (Phi) is 7.77. The van der Waals surface area contributed by atoms with Gasteiger partial charge in [0, 0.05) is 15.6 Å². The number of nitrogens with zero attached hydrogens (tertiary/aromatic N) is 5. The number of aliphatic hydroxyl groups is 3. The van der Waals surface area contributed by atoms with E-state index in [4.69, 9.17) is 27.9 Å². The van der Waals surface area contributed by atoms with Crippen LogP contribution in [-0.4, -0.2) is 70.6 Å². The molecular weight excluding hydrogens is 610 g/mol. The number of ether oxygens (including phenoxy) is 1. The second-order valence-corrected chi connectivity index (χ2v) is 11.0. The van der Waals surface area contributed by atoms with Gasteiger partial charge in [-0.25, -0.2) is 14.6 Å². The molecule has 1 fully saturated rings. The number of pyridine rings is 1. The monoisotopic (exact) mass is 621 g/mol. The number of aliphatic hydroxyl groups excluding tert-OH is 3. The zero-order valence-electron chi connectivity index (χ0n) is 16.4. The summed E-state index contributed by atoms with van der Waals surface area (Å²) in [4.78, 5) is 7.75. The van der Waals surface area contributed by atoms with Crippen LogP contribution in [0.25, 0.3) is 10.7 Å². The highest BCUT2D eigenvalue weighted by Crippen LogP contribution is 2.41. The van der Waals surface area contributed by atoms with Crippen LogP contribution in [0.4, 0.5) is 13.2 Å². The van der Waals surface area contributed by atoms with E-state index < -0.39 is 48.3 Å². The summed E-state index contributed by atoms with van der Waals surface area (Å²) in [6.07, 6.45) is -6.13. The maximum absolute atomic E-state index is 13.0. The first-order valence-corrected chi connectivity index (χ1v) is 12.5.